The molecule has 4 N–H and O–H groups in total. The van der Waals surface area contributed by atoms with Crippen molar-refractivity contribution < 1.29 is 9.31 Å². The van der Waals surface area contributed by atoms with Crippen molar-refractivity contribution in [3.05, 3.63) is 22.5 Å². The molecule has 1 saturated heterocycles. The fourth-order valence-electron chi connectivity index (χ4n) is 1.88. The summed E-state index contributed by atoms with van der Waals surface area (Å²) in [4.78, 5) is 8.11. The summed E-state index contributed by atoms with van der Waals surface area (Å²) in [5, 5.41) is 0.220. The molecule has 1 aliphatic rings. The number of hydrogen-bond donors (Lipinski definition) is 2. The molecule has 114 valence electrons. The lowest BCUT2D eigenvalue weighted by molar-refractivity contribution is 0.00578. The largest absolute Gasteiger partial charge is 0.491 e. The third kappa shape index (κ3) is 3.21. The number of nitrogens with zero attached hydrogens (tertiary/aromatic N) is 2. The Morgan fingerprint density at radius 3 is 2.38 bits per heavy atom. The standard InChI is InChI=1S/C13H20BClN4O2/c1-12(2)13(3,4)21-14(20-12)8(6-16)5-9-11(15)19-10(17)7-18-9/h5,7H,6,16H2,1-4H3,(H2,17,19). The minimum Gasteiger partial charge on any atom is -0.400 e. The second-order valence-electron chi connectivity index (χ2n) is 5.98. The average Bonchev–Trinajstić information content (AvgIpc) is 2.57. The predicted octanol–water partition coefficient (Wildman–Crippen LogP) is 1.69. The monoisotopic (exact) mass is 310 g/mol. The van der Waals surface area contributed by atoms with E-state index in [1.807, 2.05) is 27.7 Å². The summed E-state index contributed by atoms with van der Waals surface area (Å²) in [6.07, 6.45) is 3.17. The Kier molecular flexibility index (Phi) is 4.30. The van der Waals surface area contributed by atoms with Gasteiger partial charge in [0.1, 0.15) is 5.82 Å². The highest BCUT2D eigenvalue weighted by atomic mass is 35.5. The molecule has 6 nitrogen and oxygen atoms in total. The summed E-state index contributed by atoms with van der Waals surface area (Å²) in [6, 6.07) is 0. The number of nitrogens with two attached hydrogens (primary N) is 2. The van der Waals surface area contributed by atoms with Gasteiger partial charge in [-0.05, 0) is 39.2 Å². The van der Waals surface area contributed by atoms with E-state index >= 15 is 0 Å². The van der Waals surface area contributed by atoms with Crippen LogP contribution in [0, 0.1) is 0 Å². The van der Waals surface area contributed by atoms with Crippen LogP contribution in [0.1, 0.15) is 33.4 Å². The SMILES string of the molecule is CC1(C)OB(C(=Cc2ncc(N)nc2Cl)CN)OC1(C)C. The van der Waals surface area contributed by atoms with Crippen LogP contribution in [0.4, 0.5) is 5.82 Å². The molecule has 1 fully saturated rings. The molecule has 1 aliphatic heterocycles. The van der Waals surface area contributed by atoms with Crippen LogP contribution in [0.25, 0.3) is 6.08 Å². The van der Waals surface area contributed by atoms with Crippen LogP contribution in [0.15, 0.2) is 11.7 Å². The van der Waals surface area contributed by atoms with Crippen molar-refractivity contribution in [1.82, 2.24) is 9.97 Å². The molecule has 0 saturated carbocycles. The minimum atomic E-state index is -0.532. The van der Waals surface area contributed by atoms with Crippen LogP contribution in [0.2, 0.25) is 5.15 Å². The number of hydrogen-bond acceptors (Lipinski definition) is 6. The van der Waals surface area contributed by atoms with Crippen molar-refractivity contribution >= 4 is 30.6 Å². The Balaban J connectivity index is 2.31. The first kappa shape index (κ1) is 16.2. The van der Waals surface area contributed by atoms with Gasteiger partial charge in [-0.25, -0.2) is 9.97 Å². The molecular weight excluding hydrogens is 290 g/mol. The van der Waals surface area contributed by atoms with Crippen molar-refractivity contribution in [3.8, 4) is 0 Å². The second kappa shape index (κ2) is 5.57. The van der Waals surface area contributed by atoms with Crippen LogP contribution >= 0.6 is 11.6 Å². The minimum absolute atomic E-state index is 0.220. The lowest BCUT2D eigenvalue weighted by Gasteiger charge is -2.32. The summed E-state index contributed by atoms with van der Waals surface area (Å²) in [6.45, 7) is 8.20. The summed E-state index contributed by atoms with van der Waals surface area (Å²) >= 11 is 6.03. The van der Waals surface area contributed by atoms with E-state index < -0.39 is 18.3 Å². The van der Waals surface area contributed by atoms with Gasteiger partial charge in [-0.3, -0.25) is 0 Å². The molecule has 21 heavy (non-hydrogen) atoms. The number of nitrogen functional groups attached to an aromatic ring is 1. The van der Waals surface area contributed by atoms with E-state index in [1.54, 1.807) is 6.08 Å². The highest BCUT2D eigenvalue weighted by Gasteiger charge is 2.52. The fourth-order valence-corrected chi connectivity index (χ4v) is 2.08. The van der Waals surface area contributed by atoms with Crippen molar-refractivity contribution in [2.45, 2.75) is 38.9 Å². The third-order valence-electron chi connectivity index (χ3n) is 3.89. The quantitative estimate of drug-likeness (QED) is 0.825. The van der Waals surface area contributed by atoms with Gasteiger partial charge in [0.25, 0.3) is 0 Å². The van der Waals surface area contributed by atoms with Crippen LogP contribution in [0.3, 0.4) is 0 Å². The fraction of sp³-hybridized carbons (Fsp3) is 0.538. The van der Waals surface area contributed by atoms with Gasteiger partial charge >= 0.3 is 7.12 Å². The molecule has 1 aromatic rings. The van der Waals surface area contributed by atoms with E-state index in [4.69, 9.17) is 32.4 Å². The van der Waals surface area contributed by atoms with Gasteiger partial charge in [0, 0.05) is 6.54 Å². The lowest BCUT2D eigenvalue weighted by Crippen LogP contribution is -2.41. The molecule has 0 radical (unpaired) electrons. The molecule has 8 heteroatoms. The van der Waals surface area contributed by atoms with Gasteiger partial charge in [0.2, 0.25) is 0 Å². The Labute approximate surface area is 130 Å². The first-order valence-electron chi connectivity index (χ1n) is 6.70. The Hall–Kier alpha value is -1.15. The van der Waals surface area contributed by atoms with Crippen molar-refractivity contribution in [3.63, 3.8) is 0 Å². The maximum atomic E-state index is 6.03. The highest BCUT2D eigenvalue weighted by molar-refractivity contribution is 6.56. The van der Waals surface area contributed by atoms with E-state index in [-0.39, 0.29) is 17.5 Å². The predicted molar refractivity (Wildman–Crippen MR) is 84.6 cm³/mol. The maximum absolute atomic E-state index is 6.03. The molecule has 0 unspecified atom stereocenters. The topological polar surface area (TPSA) is 96.3 Å². The molecule has 0 amide bonds. The van der Waals surface area contributed by atoms with Gasteiger partial charge < -0.3 is 20.8 Å². The number of rotatable bonds is 3. The van der Waals surface area contributed by atoms with Gasteiger partial charge in [-0.2, -0.15) is 0 Å². The summed E-state index contributed by atoms with van der Waals surface area (Å²) < 4.78 is 11.9. The van der Waals surface area contributed by atoms with E-state index in [0.29, 0.717) is 5.69 Å². The van der Waals surface area contributed by atoms with Gasteiger partial charge in [-0.1, -0.05) is 11.6 Å². The highest BCUT2D eigenvalue weighted by Crippen LogP contribution is 2.38. The van der Waals surface area contributed by atoms with Crippen molar-refractivity contribution in [1.29, 1.82) is 0 Å². The molecule has 0 bridgehead atoms. The zero-order valence-electron chi connectivity index (χ0n) is 12.7. The van der Waals surface area contributed by atoms with E-state index in [2.05, 4.69) is 9.97 Å². The van der Waals surface area contributed by atoms with Crippen LogP contribution < -0.4 is 11.5 Å². The molecule has 0 aliphatic carbocycles. The Morgan fingerprint density at radius 1 is 1.33 bits per heavy atom. The molecule has 0 atom stereocenters. The number of aromatic nitrogens is 2. The van der Waals surface area contributed by atoms with Crippen molar-refractivity contribution in [2.75, 3.05) is 12.3 Å². The Bertz CT molecular complexity index is 561. The smallest absolute Gasteiger partial charge is 0.400 e. The van der Waals surface area contributed by atoms with E-state index in [1.165, 1.54) is 6.20 Å². The molecule has 1 aromatic heterocycles. The maximum Gasteiger partial charge on any atom is 0.491 e. The molecule has 2 rings (SSSR count). The summed E-state index contributed by atoms with van der Waals surface area (Å²) in [7, 11) is -0.532. The number of anilines is 1. The number of halogens is 1. The van der Waals surface area contributed by atoms with Gasteiger partial charge in [0.15, 0.2) is 5.15 Å². The zero-order chi connectivity index (χ0) is 15.8. The van der Waals surface area contributed by atoms with Crippen molar-refractivity contribution in [2.24, 2.45) is 5.73 Å². The second-order valence-corrected chi connectivity index (χ2v) is 6.34. The molecule has 2 heterocycles. The summed E-state index contributed by atoms with van der Waals surface area (Å²) in [5.74, 6) is 0.266. The summed E-state index contributed by atoms with van der Waals surface area (Å²) in [5.41, 5.74) is 11.7. The molecule has 0 spiro atoms. The van der Waals surface area contributed by atoms with Gasteiger partial charge in [-0.15, -0.1) is 0 Å². The first-order valence-corrected chi connectivity index (χ1v) is 7.08. The van der Waals surface area contributed by atoms with Crippen LogP contribution in [0.5, 0.6) is 0 Å². The zero-order valence-corrected chi connectivity index (χ0v) is 13.4. The van der Waals surface area contributed by atoms with Gasteiger partial charge in [0.05, 0.1) is 23.1 Å². The normalized spacial score (nSPS) is 20.9. The van der Waals surface area contributed by atoms with Crippen LogP contribution in [-0.4, -0.2) is 34.8 Å². The third-order valence-corrected chi connectivity index (χ3v) is 4.17. The lowest BCUT2D eigenvalue weighted by atomic mass is 9.77. The average molecular weight is 311 g/mol. The van der Waals surface area contributed by atoms with E-state index in [9.17, 15) is 0 Å². The Morgan fingerprint density at radius 2 is 1.90 bits per heavy atom. The van der Waals surface area contributed by atoms with Crippen LogP contribution in [-0.2, 0) is 9.31 Å². The van der Waals surface area contributed by atoms with E-state index in [0.717, 1.165) is 5.47 Å². The first-order chi connectivity index (χ1) is 9.66. The molecule has 0 aromatic carbocycles. The molecular formula is C13H20BClN4O2.